The van der Waals surface area contributed by atoms with Gasteiger partial charge in [0.1, 0.15) is 5.82 Å². The van der Waals surface area contributed by atoms with Crippen LogP contribution in [-0.4, -0.2) is 36.5 Å². The van der Waals surface area contributed by atoms with Crippen LogP contribution in [0.3, 0.4) is 0 Å². The van der Waals surface area contributed by atoms with E-state index in [1.165, 1.54) is 35.2 Å². The molecule has 0 atom stereocenters. The van der Waals surface area contributed by atoms with E-state index in [1.54, 1.807) is 0 Å². The molecular weight excluding hydrogens is 308 g/mol. The van der Waals surface area contributed by atoms with Crippen LogP contribution in [0.2, 0.25) is 0 Å². The first-order chi connectivity index (χ1) is 11.3. The molecule has 1 fully saturated rings. The first kappa shape index (κ1) is 14.4. The van der Waals surface area contributed by atoms with Gasteiger partial charge in [0.2, 0.25) is 0 Å². The smallest absolute Gasteiger partial charge is 0.200 e. The van der Waals surface area contributed by atoms with Crippen molar-refractivity contribution in [3.8, 4) is 0 Å². The minimum atomic E-state index is 0.235. The molecular formula is C16H18N6S. The Morgan fingerprint density at radius 3 is 2.74 bits per heavy atom. The maximum absolute atomic E-state index is 4.39. The summed E-state index contributed by atoms with van der Waals surface area (Å²) in [6.07, 6.45) is 5.04. The number of fused-ring (bicyclic) bond motifs is 1. The van der Waals surface area contributed by atoms with Crippen molar-refractivity contribution in [3.63, 3.8) is 0 Å². The third kappa shape index (κ3) is 3.14. The summed E-state index contributed by atoms with van der Waals surface area (Å²) < 4.78 is 1.69. The molecule has 2 heterocycles. The van der Waals surface area contributed by atoms with Gasteiger partial charge in [0.05, 0.1) is 0 Å². The van der Waals surface area contributed by atoms with E-state index < -0.39 is 0 Å². The Labute approximate surface area is 138 Å². The number of nitrogens with zero attached hydrogens (tertiary/aromatic N) is 5. The molecule has 0 saturated heterocycles. The SMILES string of the molecule is c1ccc(SC2(CNc3ccc4nnnn4n3)CCCC2)cc1. The Balaban J connectivity index is 1.49. The van der Waals surface area contributed by atoms with Gasteiger partial charge >= 0.3 is 0 Å². The third-order valence-electron chi connectivity index (χ3n) is 4.25. The Bertz CT molecular complexity index is 781. The Hall–Kier alpha value is -2.15. The van der Waals surface area contributed by atoms with Crippen molar-refractivity contribution in [1.29, 1.82) is 0 Å². The van der Waals surface area contributed by atoms with E-state index in [0.29, 0.717) is 5.65 Å². The van der Waals surface area contributed by atoms with Crippen LogP contribution < -0.4 is 5.32 Å². The first-order valence-corrected chi connectivity index (χ1v) is 8.68. The van der Waals surface area contributed by atoms with Gasteiger partial charge in [0.15, 0.2) is 5.65 Å². The molecule has 0 radical (unpaired) electrons. The number of rotatable bonds is 5. The van der Waals surface area contributed by atoms with E-state index in [9.17, 15) is 0 Å². The van der Waals surface area contributed by atoms with E-state index in [0.717, 1.165) is 12.4 Å². The van der Waals surface area contributed by atoms with Gasteiger partial charge in [0.25, 0.3) is 0 Å². The molecule has 1 aliphatic rings. The topological polar surface area (TPSA) is 68.0 Å². The van der Waals surface area contributed by atoms with Crippen LogP contribution in [-0.2, 0) is 0 Å². The fourth-order valence-corrected chi connectivity index (χ4v) is 4.50. The lowest BCUT2D eigenvalue weighted by Crippen LogP contribution is -2.30. The number of tetrazole rings is 1. The predicted molar refractivity (Wildman–Crippen MR) is 90.6 cm³/mol. The van der Waals surface area contributed by atoms with Crippen LogP contribution in [0.25, 0.3) is 5.65 Å². The number of nitrogens with one attached hydrogen (secondary N) is 1. The summed E-state index contributed by atoms with van der Waals surface area (Å²) in [7, 11) is 0. The third-order valence-corrected chi connectivity index (χ3v) is 5.75. The summed E-state index contributed by atoms with van der Waals surface area (Å²) in [6.45, 7) is 0.896. The zero-order valence-corrected chi connectivity index (χ0v) is 13.5. The van der Waals surface area contributed by atoms with Gasteiger partial charge in [0, 0.05) is 16.2 Å². The second-order valence-electron chi connectivity index (χ2n) is 5.90. The van der Waals surface area contributed by atoms with Crippen molar-refractivity contribution in [2.75, 3.05) is 11.9 Å². The van der Waals surface area contributed by atoms with Crippen molar-refractivity contribution in [1.82, 2.24) is 25.3 Å². The highest BCUT2D eigenvalue weighted by atomic mass is 32.2. The Morgan fingerprint density at radius 1 is 1.09 bits per heavy atom. The molecule has 1 saturated carbocycles. The molecule has 1 aliphatic carbocycles. The number of thioether (sulfide) groups is 1. The molecule has 0 amide bonds. The highest BCUT2D eigenvalue weighted by molar-refractivity contribution is 8.00. The van der Waals surface area contributed by atoms with E-state index in [1.807, 2.05) is 23.9 Å². The fourth-order valence-electron chi connectivity index (χ4n) is 3.07. The second-order valence-corrected chi connectivity index (χ2v) is 7.45. The number of hydrogen-bond donors (Lipinski definition) is 1. The molecule has 6 nitrogen and oxygen atoms in total. The quantitative estimate of drug-likeness (QED) is 0.777. The van der Waals surface area contributed by atoms with Gasteiger partial charge < -0.3 is 5.32 Å². The molecule has 1 N–H and O–H groups in total. The van der Waals surface area contributed by atoms with Crippen LogP contribution in [0.5, 0.6) is 0 Å². The summed E-state index contributed by atoms with van der Waals surface area (Å²) in [4.78, 5) is 1.33. The van der Waals surface area contributed by atoms with Gasteiger partial charge in [-0.05, 0) is 47.5 Å². The minimum absolute atomic E-state index is 0.235. The summed E-state index contributed by atoms with van der Waals surface area (Å²) in [5, 5.41) is 19.2. The Morgan fingerprint density at radius 2 is 1.91 bits per heavy atom. The standard InChI is InChI=1S/C16H18N6S/c1-2-6-13(7-3-1)23-16(10-4-5-11-16)12-17-14-8-9-15-18-20-21-22(15)19-14/h1-3,6-9H,4-5,10-12H2,(H,17,19). The summed E-state index contributed by atoms with van der Waals surface area (Å²) in [6, 6.07) is 14.5. The van der Waals surface area contributed by atoms with Gasteiger partial charge in [-0.25, -0.2) is 0 Å². The summed E-state index contributed by atoms with van der Waals surface area (Å²) in [5.74, 6) is 0.810. The van der Waals surface area contributed by atoms with E-state index in [2.05, 4.69) is 56.3 Å². The van der Waals surface area contributed by atoms with Gasteiger partial charge in [-0.1, -0.05) is 31.0 Å². The largest absolute Gasteiger partial charge is 0.367 e. The molecule has 0 unspecified atom stereocenters. The molecule has 4 rings (SSSR count). The van der Waals surface area contributed by atoms with E-state index in [-0.39, 0.29) is 4.75 Å². The zero-order chi connectivity index (χ0) is 15.5. The molecule has 7 heteroatoms. The average molecular weight is 326 g/mol. The average Bonchev–Trinajstić information content (AvgIpc) is 3.23. The summed E-state index contributed by atoms with van der Waals surface area (Å²) >= 11 is 1.99. The van der Waals surface area contributed by atoms with E-state index in [4.69, 9.17) is 0 Å². The van der Waals surface area contributed by atoms with Crippen LogP contribution in [0.1, 0.15) is 25.7 Å². The minimum Gasteiger partial charge on any atom is -0.367 e. The van der Waals surface area contributed by atoms with Crippen LogP contribution in [0.15, 0.2) is 47.4 Å². The Kier molecular flexibility index (Phi) is 3.87. The maximum atomic E-state index is 4.39. The lowest BCUT2D eigenvalue weighted by atomic mass is 10.1. The summed E-state index contributed by atoms with van der Waals surface area (Å²) in [5.41, 5.74) is 0.657. The lowest BCUT2D eigenvalue weighted by Gasteiger charge is -2.29. The van der Waals surface area contributed by atoms with Gasteiger partial charge in [-0.15, -0.1) is 26.6 Å². The highest BCUT2D eigenvalue weighted by Crippen LogP contribution is 2.45. The van der Waals surface area contributed by atoms with Crippen molar-refractivity contribution in [2.45, 2.75) is 35.3 Å². The van der Waals surface area contributed by atoms with Crippen molar-refractivity contribution in [2.24, 2.45) is 0 Å². The number of hydrogen-bond acceptors (Lipinski definition) is 6. The van der Waals surface area contributed by atoms with Crippen molar-refractivity contribution >= 4 is 23.2 Å². The van der Waals surface area contributed by atoms with Crippen LogP contribution in [0.4, 0.5) is 5.82 Å². The fraction of sp³-hybridized carbons (Fsp3) is 0.375. The maximum Gasteiger partial charge on any atom is 0.200 e. The monoisotopic (exact) mass is 326 g/mol. The molecule has 2 aromatic heterocycles. The molecule has 23 heavy (non-hydrogen) atoms. The lowest BCUT2D eigenvalue weighted by molar-refractivity contribution is 0.633. The highest BCUT2D eigenvalue weighted by Gasteiger charge is 2.34. The van der Waals surface area contributed by atoms with Crippen LogP contribution >= 0.6 is 11.8 Å². The molecule has 3 aromatic rings. The van der Waals surface area contributed by atoms with E-state index >= 15 is 0 Å². The second kappa shape index (κ2) is 6.16. The van der Waals surface area contributed by atoms with Crippen molar-refractivity contribution in [3.05, 3.63) is 42.5 Å². The van der Waals surface area contributed by atoms with Crippen LogP contribution in [0, 0.1) is 0 Å². The number of aromatic nitrogens is 5. The molecule has 0 aliphatic heterocycles. The van der Waals surface area contributed by atoms with Gasteiger partial charge in [-0.2, -0.15) is 0 Å². The molecule has 118 valence electrons. The first-order valence-electron chi connectivity index (χ1n) is 7.86. The predicted octanol–water partition coefficient (Wildman–Crippen LogP) is 3.04. The molecule has 1 aromatic carbocycles. The number of benzene rings is 1. The molecule has 0 spiro atoms. The van der Waals surface area contributed by atoms with Crippen molar-refractivity contribution < 1.29 is 0 Å². The molecule has 0 bridgehead atoms. The number of anilines is 1. The normalized spacial score (nSPS) is 16.7. The van der Waals surface area contributed by atoms with Gasteiger partial charge in [-0.3, -0.25) is 0 Å². The zero-order valence-electron chi connectivity index (χ0n) is 12.7.